The fourth-order valence-electron chi connectivity index (χ4n) is 2.74. The van der Waals surface area contributed by atoms with Crippen LogP contribution in [0.3, 0.4) is 0 Å². The van der Waals surface area contributed by atoms with Crippen LogP contribution in [0, 0.1) is 5.92 Å². The van der Waals surface area contributed by atoms with Gasteiger partial charge in [0.05, 0.1) is 12.0 Å². The van der Waals surface area contributed by atoms with E-state index in [-0.39, 0.29) is 11.8 Å². The second-order valence-corrected chi connectivity index (χ2v) is 6.15. The van der Waals surface area contributed by atoms with Crippen LogP contribution in [0.1, 0.15) is 24.2 Å². The smallest absolute Gasteiger partial charge is 0.231 e. The van der Waals surface area contributed by atoms with Crippen molar-refractivity contribution in [2.75, 3.05) is 11.9 Å². The molecule has 0 spiro atoms. The Bertz CT molecular complexity index is 730. The molecule has 2 N–H and O–H groups in total. The van der Waals surface area contributed by atoms with E-state index in [0.717, 1.165) is 11.3 Å². The molecule has 4 nitrogen and oxygen atoms in total. The number of hydrogen-bond acceptors (Lipinski definition) is 3. The van der Waals surface area contributed by atoms with Crippen molar-refractivity contribution in [3.8, 4) is 5.75 Å². The minimum atomic E-state index is -0.645. The lowest BCUT2D eigenvalue weighted by Gasteiger charge is -2.25. The number of aliphatic hydroxyl groups excluding tert-OH is 1. The van der Waals surface area contributed by atoms with E-state index in [2.05, 4.69) is 5.32 Å². The topological polar surface area (TPSA) is 58.6 Å². The highest BCUT2D eigenvalue weighted by Crippen LogP contribution is 2.31. The summed E-state index contributed by atoms with van der Waals surface area (Å²) in [6.07, 6.45) is -0.0629. The second kappa shape index (κ2) is 6.60. The van der Waals surface area contributed by atoms with Crippen molar-refractivity contribution in [3.63, 3.8) is 0 Å². The number of nitrogens with one attached hydrogen (secondary N) is 1. The minimum absolute atomic E-state index is 0.122. The Balaban J connectivity index is 1.75. The third-order valence-corrected chi connectivity index (χ3v) is 4.20. The minimum Gasteiger partial charge on any atom is -0.492 e. The fraction of sp³-hybridized carbons (Fsp3) is 0.278. The van der Waals surface area contributed by atoms with E-state index in [9.17, 15) is 9.90 Å². The first-order valence-electron chi connectivity index (χ1n) is 7.53. The summed E-state index contributed by atoms with van der Waals surface area (Å²) in [5, 5.41) is 13.3. The van der Waals surface area contributed by atoms with Crippen molar-refractivity contribution < 1.29 is 14.6 Å². The number of halogens is 1. The van der Waals surface area contributed by atoms with Gasteiger partial charge in [-0.1, -0.05) is 29.8 Å². The van der Waals surface area contributed by atoms with Gasteiger partial charge in [0.1, 0.15) is 12.4 Å². The summed E-state index contributed by atoms with van der Waals surface area (Å²) < 4.78 is 5.66. The van der Waals surface area contributed by atoms with E-state index in [4.69, 9.17) is 16.3 Å². The van der Waals surface area contributed by atoms with E-state index in [1.54, 1.807) is 25.1 Å². The first-order chi connectivity index (χ1) is 11.0. The molecule has 1 heterocycles. The molecular weight excluding hydrogens is 314 g/mol. The van der Waals surface area contributed by atoms with Gasteiger partial charge in [-0.25, -0.2) is 0 Å². The molecule has 2 aromatic rings. The molecule has 1 amide bonds. The van der Waals surface area contributed by atoms with Crippen LogP contribution >= 0.6 is 11.6 Å². The molecule has 0 saturated carbocycles. The molecule has 0 aliphatic carbocycles. The van der Waals surface area contributed by atoms with E-state index in [1.165, 1.54) is 0 Å². The SMILES string of the molecule is CC(O)c1ccccc1NC(=O)C1COc2ccc(Cl)cc2C1. The Labute approximate surface area is 140 Å². The second-order valence-electron chi connectivity index (χ2n) is 5.72. The van der Waals surface area contributed by atoms with Crippen LogP contribution in [0.5, 0.6) is 5.75 Å². The van der Waals surface area contributed by atoms with Crippen LogP contribution in [0.4, 0.5) is 5.69 Å². The lowest BCUT2D eigenvalue weighted by Crippen LogP contribution is -2.32. The van der Waals surface area contributed by atoms with E-state index in [0.29, 0.717) is 29.3 Å². The molecule has 2 unspecified atom stereocenters. The largest absolute Gasteiger partial charge is 0.492 e. The maximum absolute atomic E-state index is 12.5. The summed E-state index contributed by atoms with van der Waals surface area (Å²) in [5.41, 5.74) is 2.26. The van der Waals surface area contributed by atoms with Crippen molar-refractivity contribution in [2.24, 2.45) is 5.92 Å². The predicted octanol–water partition coefficient (Wildman–Crippen LogP) is 3.58. The maximum atomic E-state index is 12.5. The van der Waals surface area contributed by atoms with Gasteiger partial charge in [0.25, 0.3) is 0 Å². The number of aliphatic hydroxyl groups is 1. The molecule has 3 rings (SSSR count). The van der Waals surface area contributed by atoms with Gasteiger partial charge >= 0.3 is 0 Å². The van der Waals surface area contributed by atoms with Gasteiger partial charge in [0.15, 0.2) is 0 Å². The average molecular weight is 332 g/mol. The van der Waals surface area contributed by atoms with Crippen LogP contribution in [0.25, 0.3) is 0 Å². The number of fused-ring (bicyclic) bond motifs is 1. The van der Waals surface area contributed by atoms with Gasteiger partial charge in [-0.3, -0.25) is 4.79 Å². The number of carbonyl (C=O) groups excluding carboxylic acids is 1. The molecule has 0 radical (unpaired) electrons. The predicted molar refractivity (Wildman–Crippen MR) is 89.8 cm³/mol. The van der Waals surface area contributed by atoms with Crippen LogP contribution in [0.15, 0.2) is 42.5 Å². The van der Waals surface area contributed by atoms with Crippen molar-refractivity contribution in [2.45, 2.75) is 19.4 Å². The lowest BCUT2D eigenvalue weighted by molar-refractivity contribution is -0.121. The molecule has 23 heavy (non-hydrogen) atoms. The zero-order chi connectivity index (χ0) is 16.4. The molecule has 1 aliphatic heterocycles. The Kier molecular flexibility index (Phi) is 4.55. The van der Waals surface area contributed by atoms with Gasteiger partial charge in [-0.15, -0.1) is 0 Å². The van der Waals surface area contributed by atoms with Crippen LogP contribution in [-0.4, -0.2) is 17.6 Å². The molecule has 0 bridgehead atoms. The van der Waals surface area contributed by atoms with Crippen LogP contribution < -0.4 is 10.1 Å². The highest BCUT2D eigenvalue weighted by atomic mass is 35.5. The summed E-state index contributed by atoms with van der Waals surface area (Å²) in [6, 6.07) is 12.7. The first-order valence-corrected chi connectivity index (χ1v) is 7.91. The molecule has 2 atom stereocenters. The Morgan fingerprint density at radius 1 is 1.35 bits per heavy atom. The average Bonchev–Trinajstić information content (AvgIpc) is 2.54. The molecule has 5 heteroatoms. The molecule has 120 valence electrons. The molecule has 2 aromatic carbocycles. The number of carbonyl (C=O) groups is 1. The summed E-state index contributed by atoms with van der Waals surface area (Å²) in [7, 11) is 0. The number of benzene rings is 2. The zero-order valence-corrected chi connectivity index (χ0v) is 13.5. The van der Waals surface area contributed by atoms with Crippen molar-refractivity contribution in [1.82, 2.24) is 0 Å². The van der Waals surface area contributed by atoms with E-state index < -0.39 is 6.10 Å². The third kappa shape index (κ3) is 3.49. The quantitative estimate of drug-likeness (QED) is 0.903. The number of ether oxygens (including phenoxy) is 1. The molecule has 1 aliphatic rings. The molecule has 0 aromatic heterocycles. The van der Waals surface area contributed by atoms with Gasteiger partial charge in [-0.2, -0.15) is 0 Å². The van der Waals surface area contributed by atoms with E-state index in [1.807, 2.05) is 24.3 Å². The summed E-state index contributed by atoms with van der Waals surface area (Å²) in [4.78, 5) is 12.5. The van der Waals surface area contributed by atoms with Gasteiger partial charge in [0, 0.05) is 16.3 Å². The summed E-state index contributed by atoms with van der Waals surface area (Å²) in [5.74, 6) is 0.370. The van der Waals surface area contributed by atoms with Crippen molar-refractivity contribution in [1.29, 1.82) is 0 Å². The lowest BCUT2D eigenvalue weighted by atomic mass is 9.95. The number of anilines is 1. The number of para-hydroxylation sites is 1. The molecule has 0 saturated heterocycles. The summed E-state index contributed by atoms with van der Waals surface area (Å²) >= 11 is 6.01. The third-order valence-electron chi connectivity index (χ3n) is 3.97. The molecule has 0 fully saturated rings. The van der Waals surface area contributed by atoms with Gasteiger partial charge in [0.2, 0.25) is 5.91 Å². The first kappa shape index (κ1) is 15.8. The number of hydrogen-bond donors (Lipinski definition) is 2. The highest BCUT2D eigenvalue weighted by Gasteiger charge is 2.26. The van der Waals surface area contributed by atoms with Gasteiger partial charge in [-0.05, 0) is 43.2 Å². The maximum Gasteiger partial charge on any atom is 0.231 e. The summed E-state index contributed by atoms with van der Waals surface area (Å²) in [6.45, 7) is 2.00. The van der Waals surface area contributed by atoms with Crippen molar-refractivity contribution in [3.05, 3.63) is 58.6 Å². The fourth-order valence-corrected chi connectivity index (χ4v) is 2.94. The van der Waals surface area contributed by atoms with Gasteiger partial charge < -0.3 is 15.2 Å². The van der Waals surface area contributed by atoms with Crippen molar-refractivity contribution >= 4 is 23.2 Å². The Morgan fingerprint density at radius 2 is 2.13 bits per heavy atom. The highest BCUT2D eigenvalue weighted by molar-refractivity contribution is 6.30. The number of rotatable bonds is 3. The normalized spacial score (nSPS) is 17.8. The van der Waals surface area contributed by atoms with Crippen LogP contribution in [-0.2, 0) is 11.2 Å². The zero-order valence-electron chi connectivity index (χ0n) is 12.8. The Hall–Kier alpha value is -2.04. The van der Waals surface area contributed by atoms with E-state index >= 15 is 0 Å². The monoisotopic (exact) mass is 331 g/mol. The van der Waals surface area contributed by atoms with Crippen LogP contribution in [0.2, 0.25) is 5.02 Å². The standard InChI is InChI=1S/C18H18ClNO3/c1-11(21)15-4-2-3-5-16(15)20-18(22)13-8-12-9-14(19)6-7-17(12)23-10-13/h2-7,9,11,13,21H,8,10H2,1H3,(H,20,22). The number of amides is 1. The molecular formula is C18H18ClNO3. The Morgan fingerprint density at radius 3 is 2.91 bits per heavy atom.